The van der Waals surface area contributed by atoms with Gasteiger partial charge in [0.1, 0.15) is 5.75 Å². The second-order valence-electron chi connectivity index (χ2n) is 5.24. The van der Waals surface area contributed by atoms with Crippen molar-refractivity contribution in [3.05, 3.63) is 36.3 Å². The maximum Gasteiger partial charge on any atom is 0.227 e. The summed E-state index contributed by atoms with van der Waals surface area (Å²) in [7, 11) is 1.58. The van der Waals surface area contributed by atoms with E-state index in [0.717, 1.165) is 25.9 Å². The minimum Gasteiger partial charge on any atom is -0.495 e. The predicted molar refractivity (Wildman–Crippen MR) is 84.3 cm³/mol. The number of piperidine rings is 1. The molecule has 22 heavy (non-hydrogen) atoms. The number of para-hydroxylation sites is 2. The predicted octanol–water partition coefficient (Wildman–Crippen LogP) is 3.36. The summed E-state index contributed by atoms with van der Waals surface area (Å²) in [5.74, 6) is 0.894. The highest BCUT2D eigenvalue weighted by Crippen LogP contribution is 2.28. The summed E-state index contributed by atoms with van der Waals surface area (Å²) in [6.45, 7) is 1.83. The van der Waals surface area contributed by atoms with Crippen LogP contribution in [0.2, 0.25) is 0 Å². The first-order valence-electron chi connectivity index (χ1n) is 7.45. The zero-order valence-corrected chi connectivity index (χ0v) is 12.6. The number of nitrogens with zero attached hydrogens (tertiary/aromatic N) is 3. The zero-order valence-electron chi connectivity index (χ0n) is 12.6. The van der Waals surface area contributed by atoms with E-state index in [1.807, 2.05) is 24.3 Å². The Morgan fingerprint density at radius 1 is 1.18 bits per heavy atom. The van der Waals surface area contributed by atoms with Gasteiger partial charge in [0.25, 0.3) is 0 Å². The van der Waals surface area contributed by atoms with Crippen LogP contribution in [0.4, 0.5) is 21.8 Å². The molecule has 1 aromatic carbocycles. The Kier molecular flexibility index (Phi) is 4.37. The van der Waals surface area contributed by atoms with Crippen molar-refractivity contribution in [2.75, 3.05) is 30.4 Å². The van der Waals surface area contributed by atoms with E-state index < -0.39 is 5.82 Å². The van der Waals surface area contributed by atoms with Crippen molar-refractivity contribution < 1.29 is 9.13 Å². The molecular weight excluding hydrogens is 283 g/mol. The molecule has 1 fully saturated rings. The van der Waals surface area contributed by atoms with Crippen LogP contribution >= 0.6 is 0 Å². The van der Waals surface area contributed by atoms with E-state index in [2.05, 4.69) is 20.2 Å². The van der Waals surface area contributed by atoms with E-state index in [1.165, 1.54) is 12.6 Å². The zero-order chi connectivity index (χ0) is 15.4. The lowest BCUT2D eigenvalue weighted by molar-refractivity contribution is 0.416. The Labute approximate surface area is 129 Å². The lowest BCUT2D eigenvalue weighted by Crippen LogP contribution is -2.31. The van der Waals surface area contributed by atoms with Crippen LogP contribution in [-0.2, 0) is 0 Å². The van der Waals surface area contributed by atoms with E-state index in [-0.39, 0.29) is 5.82 Å². The van der Waals surface area contributed by atoms with Crippen LogP contribution in [0, 0.1) is 5.82 Å². The van der Waals surface area contributed by atoms with Gasteiger partial charge in [0.05, 0.1) is 19.0 Å². The third kappa shape index (κ3) is 3.10. The standard InChI is InChI=1S/C16H19FN4O/c1-22-14-8-4-3-7-13(14)19-15-12(17)11-18-16(20-15)21-9-5-2-6-10-21/h3-4,7-8,11H,2,5-6,9-10H2,1H3,(H,18,19,20). The van der Waals surface area contributed by atoms with Gasteiger partial charge in [-0.1, -0.05) is 12.1 Å². The second-order valence-corrected chi connectivity index (χ2v) is 5.24. The summed E-state index contributed by atoms with van der Waals surface area (Å²) in [5.41, 5.74) is 0.673. The quantitative estimate of drug-likeness (QED) is 0.938. The Balaban J connectivity index is 1.86. The number of rotatable bonds is 4. The molecule has 1 aromatic heterocycles. The average molecular weight is 302 g/mol. The highest BCUT2D eigenvalue weighted by Gasteiger charge is 2.16. The summed E-state index contributed by atoms with van der Waals surface area (Å²) >= 11 is 0. The molecule has 1 saturated heterocycles. The number of hydrogen-bond donors (Lipinski definition) is 1. The molecule has 2 aromatic rings. The fourth-order valence-corrected chi connectivity index (χ4v) is 2.57. The van der Waals surface area contributed by atoms with Crippen LogP contribution in [0.5, 0.6) is 5.75 Å². The van der Waals surface area contributed by atoms with Crippen molar-refractivity contribution in [2.45, 2.75) is 19.3 Å². The fraction of sp³-hybridized carbons (Fsp3) is 0.375. The Morgan fingerprint density at radius 3 is 2.73 bits per heavy atom. The highest BCUT2D eigenvalue weighted by atomic mass is 19.1. The van der Waals surface area contributed by atoms with Crippen LogP contribution in [0.15, 0.2) is 30.5 Å². The SMILES string of the molecule is COc1ccccc1Nc1nc(N2CCCCC2)ncc1F. The molecule has 0 radical (unpaired) electrons. The number of benzene rings is 1. The molecule has 0 saturated carbocycles. The van der Waals surface area contributed by atoms with Crippen molar-refractivity contribution >= 4 is 17.5 Å². The summed E-state index contributed by atoms with van der Waals surface area (Å²) in [4.78, 5) is 10.5. The number of halogens is 1. The van der Waals surface area contributed by atoms with Gasteiger partial charge in [0.2, 0.25) is 5.95 Å². The molecule has 1 N–H and O–H groups in total. The van der Waals surface area contributed by atoms with Gasteiger partial charge < -0.3 is 15.0 Å². The number of aromatic nitrogens is 2. The molecular formula is C16H19FN4O. The minimum absolute atomic E-state index is 0.167. The molecule has 2 heterocycles. The molecule has 0 unspecified atom stereocenters. The fourth-order valence-electron chi connectivity index (χ4n) is 2.57. The summed E-state index contributed by atoms with van der Waals surface area (Å²) in [5, 5.41) is 2.99. The first-order chi connectivity index (χ1) is 10.8. The molecule has 5 nitrogen and oxygen atoms in total. The molecule has 1 aliphatic heterocycles. The number of methoxy groups -OCH3 is 1. The van der Waals surface area contributed by atoms with E-state index in [4.69, 9.17) is 4.74 Å². The van der Waals surface area contributed by atoms with Crippen LogP contribution in [-0.4, -0.2) is 30.2 Å². The minimum atomic E-state index is -0.480. The molecule has 3 rings (SSSR count). The van der Waals surface area contributed by atoms with Crippen LogP contribution in [0.1, 0.15) is 19.3 Å². The molecule has 0 aliphatic carbocycles. The number of hydrogen-bond acceptors (Lipinski definition) is 5. The third-order valence-electron chi connectivity index (χ3n) is 3.73. The normalized spacial score (nSPS) is 14.7. The molecule has 0 atom stereocenters. The number of ether oxygens (including phenoxy) is 1. The topological polar surface area (TPSA) is 50.3 Å². The van der Waals surface area contributed by atoms with Gasteiger partial charge in [-0.25, -0.2) is 9.37 Å². The smallest absolute Gasteiger partial charge is 0.227 e. The van der Waals surface area contributed by atoms with Gasteiger partial charge in [-0.15, -0.1) is 0 Å². The van der Waals surface area contributed by atoms with Crippen LogP contribution in [0.3, 0.4) is 0 Å². The van der Waals surface area contributed by atoms with Gasteiger partial charge in [-0.3, -0.25) is 0 Å². The van der Waals surface area contributed by atoms with E-state index >= 15 is 0 Å². The molecule has 0 bridgehead atoms. The van der Waals surface area contributed by atoms with Crippen LogP contribution in [0.25, 0.3) is 0 Å². The summed E-state index contributed by atoms with van der Waals surface area (Å²) in [6.07, 6.45) is 4.69. The molecule has 0 amide bonds. The average Bonchev–Trinajstić information content (AvgIpc) is 2.58. The lowest BCUT2D eigenvalue weighted by Gasteiger charge is -2.26. The maximum absolute atomic E-state index is 14.0. The largest absolute Gasteiger partial charge is 0.495 e. The molecule has 1 aliphatic rings. The molecule has 0 spiro atoms. The first-order valence-corrected chi connectivity index (χ1v) is 7.45. The van der Waals surface area contributed by atoms with Crippen molar-refractivity contribution in [1.29, 1.82) is 0 Å². The van der Waals surface area contributed by atoms with E-state index in [0.29, 0.717) is 17.4 Å². The molecule has 116 valence electrons. The van der Waals surface area contributed by atoms with Crippen molar-refractivity contribution in [2.24, 2.45) is 0 Å². The monoisotopic (exact) mass is 302 g/mol. The van der Waals surface area contributed by atoms with Crippen molar-refractivity contribution in [3.8, 4) is 5.75 Å². The molecule has 6 heteroatoms. The van der Waals surface area contributed by atoms with Gasteiger partial charge in [-0.05, 0) is 31.4 Å². The highest BCUT2D eigenvalue weighted by molar-refractivity contribution is 5.64. The second kappa shape index (κ2) is 6.60. The first kappa shape index (κ1) is 14.6. The Bertz CT molecular complexity index is 644. The maximum atomic E-state index is 14.0. The van der Waals surface area contributed by atoms with Crippen molar-refractivity contribution in [3.63, 3.8) is 0 Å². The van der Waals surface area contributed by atoms with Gasteiger partial charge >= 0.3 is 0 Å². The summed E-state index contributed by atoms with van der Waals surface area (Å²) in [6, 6.07) is 7.35. The van der Waals surface area contributed by atoms with Crippen LogP contribution < -0.4 is 15.0 Å². The number of anilines is 3. The third-order valence-corrected chi connectivity index (χ3v) is 3.73. The van der Waals surface area contributed by atoms with Gasteiger partial charge in [0, 0.05) is 13.1 Å². The number of nitrogens with one attached hydrogen (secondary N) is 1. The summed E-state index contributed by atoms with van der Waals surface area (Å²) < 4.78 is 19.3. The van der Waals surface area contributed by atoms with E-state index in [9.17, 15) is 4.39 Å². The van der Waals surface area contributed by atoms with E-state index in [1.54, 1.807) is 7.11 Å². The Hall–Kier alpha value is -2.37. The van der Waals surface area contributed by atoms with Crippen molar-refractivity contribution in [1.82, 2.24) is 9.97 Å². The van der Waals surface area contributed by atoms with Gasteiger partial charge in [-0.2, -0.15) is 4.98 Å². The van der Waals surface area contributed by atoms with Gasteiger partial charge in [0.15, 0.2) is 11.6 Å². The Morgan fingerprint density at radius 2 is 1.95 bits per heavy atom. The lowest BCUT2D eigenvalue weighted by atomic mass is 10.1.